The maximum absolute atomic E-state index is 12.3. The first kappa shape index (κ1) is 23.9. The van der Waals surface area contributed by atoms with E-state index in [0.29, 0.717) is 30.9 Å². The van der Waals surface area contributed by atoms with Crippen LogP contribution in [0.25, 0.3) is 21.3 Å². The molecule has 0 atom stereocenters. The van der Waals surface area contributed by atoms with Crippen LogP contribution in [0.2, 0.25) is 0 Å². The van der Waals surface area contributed by atoms with Crippen LogP contribution in [-0.4, -0.2) is 66.7 Å². The van der Waals surface area contributed by atoms with Crippen molar-refractivity contribution in [3.05, 3.63) is 30.7 Å². The van der Waals surface area contributed by atoms with Gasteiger partial charge in [0.15, 0.2) is 0 Å². The molecule has 0 unspecified atom stereocenters. The lowest BCUT2D eigenvalue weighted by atomic mass is 10.2. The number of pyridine rings is 1. The highest BCUT2D eigenvalue weighted by molar-refractivity contribution is 7.14. The van der Waals surface area contributed by atoms with E-state index in [9.17, 15) is 4.79 Å². The summed E-state index contributed by atoms with van der Waals surface area (Å²) in [6.45, 7) is 8.37. The molecule has 4 aromatic rings. The third kappa shape index (κ3) is 4.79. The lowest BCUT2D eigenvalue weighted by Gasteiger charge is -2.36. The van der Waals surface area contributed by atoms with Crippen molar-refractivity contribution in [2.45, 2.75) is 58.1 Å². The summed E-state index contributed by atoms with van der Waals surface area (Å²) >= 11 is 1.51. The molecule has 4 aromatic heterocycles. The SMILES string of the molecule is CC(C)(C)OC(=O)N1CCN(c2ccc(Nc3ncc4c5sncc5n(C5CCCC5)c4n3)nc2)CC1. The maximum Gasteiger partial charge on any atom is 0.410 e. The minimum Gasteiger partial charge on any atom is -0.444 e. The molecule has 5 heterocycles. The molecule has 37 heavy (non-hydrogen) atoms. The Bertz CT molecular complexity index is 1410. The minimum absolute atomic E-state index is 0.253. The molecule has 0 bridgehead atoms. The fraction of sp³-hybridized carbons (Fsp3) is 0.500. The van der Waals surface area contributed by atoms with Crippen molar-refractivity contribution in [2.75, 3.05) is 36.4 Å². The number of fused-ring (bicyclic) bond motifs is 3. The molecule has 0 aromatic carbocycles. The highest BCUT2D eigenvalue weighted by atomic mass is 32.1. The summed E-state index contributed by atoms with van der Waals surface area (Å²) in [6, 6.07) is 4.45. The van der Waals surface area contributed by atoms with Crippen LogP contribution in [0, 0.1) is 0 Å². The van der Waals surface area contributed by atoms with Gasteiger partial charge in [-0.25, -0.2) is 14.8 Å². The zero-order valence-electron chi connectivity index (χ0n) is 21.5. The molecule has 2 aliphatic rings. The van der Waals surface area contributed by atoms with Gasteiger partial charge in [-0.05, 0) is 57.3 Å². The molecule has 1 N–H and O–H groups in total. The number of nitrogens with zero attached hydrogens (tertiary/aromatic N) is 7. The number of amides is 1. The van der Waals surface area contributed by atoms with Crippen LogP contribution in [0.4, 0.5) is 22.2 Å². The molecule has 11 heteroatoms. The van der Waals surface area contributed by atoms with Crippen molar-refractivity contribution in [3.63, 3.8) is 0 Å². The molecule has 10 nitrogen and oxygen atoms in total. The molecule has 0 spiro atoms. The minimum atomic E-state index is -0.484. The second kappa shape index (κ2) is 9.44. The second-order valence-electron chi connectivity index (χ2n) is 10.8. The van der Waals surface area contributed by atoms with E-state index in [1.54, 1.807) is 4.90 Å². The van der Waals surface area contributed by atoms with E-state index in [1.165, 1.54) is 37.2 Å². The van der Waals surface area contributed by atoms with Crippen LogP contribution in [0.5, 0.6) is 0 Å². The van der Waals surface area contributed by atoms with Gasteiger partial charge in [-0.2, -0.15) is 9.36 Å². The third-order valence-electron chi connectivity index (χ3n) is 7.03. The predicted molar refractivity (Wildman–Crippen MR) is 146 cm³/mol. The quantitative estimate of drug-likeness (QED) is 0.384. The highest BCUT2D eigenvalue weighted by Crippen LogP contribution is 2.39. The van der Waals surface area contributed by atoms with Crippen LogP contribution in [0.1, 0.15) is 52.5 Å². The first-order valence-corrected chi connectivity index (χ1v) is 13.7. The Kier molecular flexibility index (Phi) is 6.10. The van der Waals surface area contributed by atoms with Gasteiger partial charge in [-0.3, -0.25) is 0 Å². The molecule has 1 aliphatic heterocycles. The van der Waals surface area contributed by atoms with E-state index in [4.69, 9.17) is 9.72 Å². The molecule has 1 amide bonds. The number of hydrogen-bond acceptors (Lipinski definition) is 9. The zero-order valence-corrected chi connectivity index (χ0v) is 22.3. The summed E-state index contributed by atoms with van der Waals surface area (Å²) < 4.78 is 13.4. The molecular formula is C26H32N8O2S. The van der Waals surface area contributed by atoms with Crippen LogP contribution in [0.3, 0.4) is 0 Å². The molecule has 0 radical (unpaired) electrons. The lowest BCUT2D eigenvalue weighted by Crippen LogP contribution is -2.50. The van der Waals surface area contributed by atoms with E-state index in [1.807, 2.05) is 51.5 Å². The van der Waals surface area contributed by atoms with Gasteiger partial charge in [0.05, 0.1) is 33.7 Å². The Morgan fingerprint density at radius 3 is 2.54 bits per heavy atom. The Hall–Kier alpha value is -3.47. The molecule has 6 rings (SSSR count). The first-order valence-electron chi connectivity index (χ1n) is 12.9. The number of carbonyl (C=O) groups is 1. The Labute approximate surface area is 219 Å². The van der Waals surface area contributed by atoms with Crippen molar-refractivity contribution in [1.29, 1.82) is 0 Å². The second-order valence-corrected chi connectivity index (χ2v) is 11.6. The van der Waals surface area contributed by atoms with Crippen molar-refractivity contribution in [3.8, 4) is 0 Å². The number of nitrogens with one attached hydrogen (secondary N) is 1. The molecular weight excluding hydrogens is 488 g/mol. The fourth-order valence-electron chi connectivity index (χ4n) is 5.25. The number of hydrogen-bond donors (Lipinski definition) is 1. The number of rotatable bonds is 4. The average Bonchev–Trinajstić information content (AvgIpc) is 3.62. The topological polar surface area (TPSA) is 101 Å². The summed E-state index contributed by atoms with van der Waals surface area (Å²) in [5.74, 6) is 1.23. The normalized spacial score (nSPS) is 17.2. The van der Waals surface area contributed by atoms with Crippen molar-refractivity contribution < 1.29 is 9.53 Å². The van der Waals surface area contributed by atoms with Crippen LogP contribution >= 0.6 is 11.5 Å². The van der Waals surface area contributed by atoms with E-state index >= 15 is 0 Å². The van der Waals surface area contributed by atoms with Gasteiger partial charge in [0, 0.05) is 38.4 Å². The van der Waals surface area contributed by atoms with Crippen LogP contribution in [-0.2, 0) is 4.74 Å². The van der Waals surface area contributed by atoms with Crippen LogP contribution in [0.15, 0.2) is 30.7 Å². The molecule has 2 fully saturated rings. The van der Waals surface area contributed by atoms with E-state index in [0.717, 1.165) is 40.0 Å². The predicted octanol–water partition coefficient (Wildman–Crippen LogP) is 5.35. The summed E-state index contributed by atoms with van der Waals surface area (Å²) in [5, 5.41) is 4.34. The molecule has 1 aliphatic carbocycles. The van der Waals surface area contributed by atoms with Crippen molar-refractivity contribution >= 4 is 56.3 Å². The van der Waals surface area contributed by atoms with E-state index < -0.39 is 5.60 Å². The largest absolute Gasteiger partial charge is 0.444 e. The number of piperazine rings is 1. The molecule has 1 saturated carbocycles. The summed E-state index contributed by atoms with van der Waals surface area (Å²) in [7, 11) is 0. The average molecular weight is 521 g/mol. The van der Waals surface area contributed by atoms with Gasteiger partial charge in [0.1, 0.15) is 17.1 Å². The van der Waals surface area contributed by atoms with E-state index in [2.05, 4.69) is 29.1 Å². The maximum atomic E-state index is 12.3. The van der Waals surface area contributed by atoms with Gasteiger partial charge in [0.2, 0.25) is 5.95 Å². The van der Waals surface area contributed by atoms with Gasteiger partial charge in [0.25, 0.3) is 0 Å². The first-order chi connectivity index (χ1) is 17.9. The highest BCUT2D eigenvalue weighted by Gasteiger charge is 2.27. The van der Waals surface area contributed by atoms with E-state index in [-0.39, 0.29) is 6.09 Å². The molecule has 1 saturated heterocycles. The Balaban J connectivity index is 1.15. The van der Waals surface area contributed by atoms with Gasteiger partial charge < -0.3 is 24.4 Å². The van der Waals surface area contributed by atoms with Crippen molar-refractivity contribution in [2.24, 2.45) is 0 Å². The molecule has 194 valence electrons. The summed E-state index contributed by atoms with van der Waals surface area (Å²) in [5.41, 5.74) is 2.66. The van der Waals surface area contributed by atoms with Gasteiger partial charge in [-0.1, -0.05) is 12.8 Å². The van der Waals surface area contributed by atoms with Crippen molar-refractivity contribution in [1.82, 2.24) is 28.8 Å². The summed E-state index contributed by atoms with van der Waals surface area (Å²) in [4.78, 5) is 30.4. The zero-order chi connectivity index (χ0) is 25.6. The van der Waals surface area contributed by atoms with Gasteiger partial charge >= 0.3 is 6.09 Å². The number of anilines is 3. The third-order valence-corrected chi connectivity index (χ3v) is 7.85. The van der Waals surface area contributed by atoms with Crippen LogP contribution < -0.4 is 10.2 Å². The number of ether oxygens (including phenoxy) is 1. The monoisotopic (exact) mass is 520 g/mol. The standard InChI is InChI=1S/C26H32N8O2S/c1-26(2,3)36-25(35)33-12-10-32(11-13-33)18-8-9-21(27-14-18)30-24-28-15-19-22-20(16-29-37-22)34(23(19)31-24)17-6-4-5-7-17/h8-9,14-17H,4-7,10-13H2,1-3H3,(H,27,28,30,31). The Morgan fingerprint density at radius 1 is 1.05 bits per heavy atom. The number of aromatic nitrogens is 5. The fourth-order valence-corrected chi connectivity index (χ4v) is 6.00. The summed E-state index contributed by atoms with van der Waals surface area (Å²) in [6.07, 6.45) is 10.3. The lowest BCUT2D eigenvalue weighted by molar-refractivity contribution is 0.0240. The Morgan fingerprint density at radius 2 is 1.84 bits per heavy atom. The van der Waals surface area contributed by atoms with Gasteiger partial charge in [-0.15, -0.1) is 0 Å². The smallest absolute Gasteiger partial charge is 0.410 e. The number of carbonyl (C=O) groups excluding carboxylic acids is 1.